The third-order valence-corrected chi connectivity index (χ3v) is 4.05. The van der Waals surface area contributed by atoms with Crippen molar-refractivity contribution in [3.8, 4) is 11.5 Å². The Hall–Kier alpha value is -2.49. The van der Waals surface area contributed by atoms with Gasteiger partial charge in [0.25, 0.3) is 0 Å². The summed E-state index contributed by atoms with van der Waals surface area (Å²) < 4.78 is 11.5. The quantitative estimate of drug-likeness (QED) is 0.932. The van der Waals surface area contributed by atoms with E-state index in [-0.39, 0.29) is 12.0 Å². The van der Waals surface area contributed by atoms with Crippen molar-refractivity contribution in [2.45, 2.75) is 32.8 Å². The predicted octanol–water partition coefficient (Wildman–Crippen LogP) is 3.86. The molecule has 1 aliphatic rings. The zero-order valence-electron chi connectivity index (χ0n) is 13.5. The van der Waals surface area contributed by atoms with E-state index in [0.717, 1.165) is 17.2 Å². The van der Waals surface area contributed by atoms with Crippen LogP contribution < -0.4 is 14.8 Å². The molecule has 0 saturated carbocycles. The topological polar surface area (TPSA) is 47.6 Å². The number of hydrogen-bond acceptors (Lipinski definition) is 3. The Kier molecular flexibility index (Phi) is 4.51. The minimum absolute atomic E-state index is 0.00397. The monoisotopic (exact) mass is 311 g/mol. The largest absolute Gasteiger partial charge is 0.486 e. The summed E-state index contributed by atoms with van der Waals surface area (Å²) in [4.78, 5) is 12.1. The van der Waals surface area contributed by atoms with Crippen molar-refractivity contribution in [3.63, 3.8) is 0 Å². The van der Waals surface area contributed by atoms with E-state index in [1.165, 1.54) is 11.1 Å². The Morgan fingerprint density at radius 1 is 1.13 bits per heavy atom. The van der Waals surface area contributed by atoms with Crippen molar-refractivity contribution in [3.05, 3.63) is 53.6 Å². The fraction of sp³-hybridized carbons (Fsp3) is 0.316. The molecule has 3 rings (SSSR count). The molecule has 2 aromatic carbocycles. The molecule has 4 heteroatoms. The van der Waals surface area contributed by atoms with E-state index in [1.807, 2.05) is 49.4 Å². The number of nitrogens with one attached hydrogen (secondary N) is 1. The fourth-order valence-corrected chi connectivity index (χ4v) is 2.54. The molecule has 0 aliphatic carbocycles. The molecule has 2 aromatic rings. The Morgan fingerprint density at radius 3 is 2.70 bits per heavy atom. The number of carbonyl (C=O) groups is 1. The number of rotatable bonds is 4. The molecule has 0 aromatic heterocycles. The Morgan fingerprint density at radius 2 is 1.91 bits per heavy atom. The number of fused-ring (bicyclic) bond motifs is 1. The molecule has 1 atom stereocenters. The second-order valence-electron chi connectivity index (χ2n) is 5.88. The molecular formula is C19H21NO3. The summed E-state index contributed by atoms with van der Waals surface area (Å²) in [6, 6.07) is 13.5. The molecule has 0 fully saturated rings. The summed E-state index contributed by atoms with van der Waals surface area (Å²) in [6.45, 7) is 4.57. The standard InChI is InChI=1S/C19H21NO3/c1-13-7-8-15(11-14(13)2)20-19(21)10-9-16-12-22-17-5-3-4-6-18(17)23-16/h3-8,11,16H,9-10,12H2,1-2H3,(H,20,21). The Labute approximate surface area is 136 Å². The third kappa shape index (κ3) is 3.83. The highest BCUT2D eigenvalue weighted by molar-refractivity contribution is 5.90. The van der Waals surface area contributed by atoms with Gasteiger partial charge < -0.3 is 14.8 Å². The minimum atomic E-state index is -0.0876. The molecule has 1 heterocycles. The molecule has 1 aliphatic heterocycles. The second-order valence-corrected chi connectivity index (χ2v) is 5.88. The minimum Gasteiger partial charge on any atom is -0.486 e. The van der Waals surface area contributed by atoms with Crippen LogP contribution in [0.25, 0.3) is 0 Å². The van der Waals surface area contributed by atoms with Gasteiger partial charge in [-0.05, 0) is 55.7 Å². The van der Waals surface area contributed by atoms with E-state index in [4.69, 9.17) is 9.47 Å². The van der Waals surface area contributed by atoms with Crippen molar-refractivity contribution in [2.75, 3.05) is 11.9 Å². The first-order valence-corrected chi connectivity index (χ1v) is 7.87. The van der Waals surface area contributed by atoms with E-state index < -0.39 is 0 Å². The SMILES string of the molecule is Cc1ccc(NC(=O)CCC2COc3ccccc3O2)cc1C. The van der Waals surface area contributed by atoms with Crippen LogP contribution in [0.15, 0.2) is 42.5 Å². The van der Waals surface area contributed by atoms with Crippen molar-refractivity contribution in [1.82, 2.24) is 0 Å². The Bertz CT molecular complexity index is 712. The van der Waals surface area contributed by atoms with Crippen LogP contribution >= 0.6 is 0 Å². The maximum absolute atomic E-state index is 12.1. The van der Waals surface area contributed by atoms with Crippen LogP contribution in [0, 0.1) is 13.8 Å². The van der Waals surface area contributed by atoms with Crippen LogP contribution in [0.5, 0.6) is 11.5 Å². The summed E-state index contributed by atoms with van der Waals surface area (Å²) in [5.74, 6) is 1.51. The highest BCUT2D eigenvalue weighted by atomic mass is 16.6. The van der Waals surface area contributed by atoms with Gasteiger partial charge in [0.15, 0.2) is 11.5 Å². The lowest BCUT2D eigenvalue weighted by atomic mass is 10.1. The molecule has 0 radical (unpaired) electrons. The molecule has 0 spiro atoms. The highest BCUT2D eigenvalue weighted by Crippen LogP contribution is 2.31. The second kappa shape index (κ2) is 6.73. The normalized spacial score (nSPS) is 16.0. The van der Waals surface area contributed by atoms with E-state index in [1.54, 1.807) is 0 Å². The molecular weight excluding hydrogens is 290 g/mol. The third-order valence-electron chi connectivity index (χ3n) is 4.05. The van der Waals surface area contributed by atoms with E-state index in [0.29, 0.717) is 19.4 Å². The number of para-hydroxylation sites is 2. The van der Waals surface area contributed by atoms with E-state index in [9.17, 15) is 4.79 Å². The number of amides is 1. The first-order valence-electron chi connectivity index (χ1n) is 7.87. The van der Waals surface area contributed by atoms with Crippen LogP contribution in [-0.4, -0.2) is 18.6 Å². The maximum atomic E-state index is 12.1. The van der Waals surface area contributed by atoms with E-state index >= 15 is 0 Å². The van der Waals surface area contributed by atoms with Crippen molar-refractivity contribution in [1.29, 1.82) is 0 Å². The van der Waals surface area contributed by atoms with Gasteiger partial charge in [0, 0.05) is 12.1 Å². The summed E-state index contributed by atoms with van der Waals surface area (Å²) in [6.07, 6.45) is 0.948. The van der Waals surface area contributed by atoms with Crippen molar-refractivity contribution >= 4 is 11.6 Å². The van der Waals surface area contributed by atoms with Crippen LogP contribution in [-0.2, 0) is 4.79 Å². The van der Waals surface area contributed by atoms with Gasteiger partial charge in [-0.1, -0.05) is 18.2 Å². The van der Waals surface area contributed by atoms with Gasteiger partial charge in [-0.3, -0.25) is 4.79 Å². The molecule has 0 bridgehead atoms. The maximum Gasteiger partial charge on any atom is 0.224 e. The van der Waals surface area contributed by atoms with Gasteiger partial charge in [-0.25, -0.2) is 0 Å². The lowest BCUT2D eigenvalue weighted by molar-refractivity contribution is -0.116. The molecule has 4 nitrogen and oxygen atoms in total. The predicted molar refractivity (Wildman–Crippen MR) is 90.1 cm³/mol. The van der Waals surface area contributed by atoms with Crippen molar-refractivity contribution in [2.24, 2.45) is 0 Å². The molecule has 1 N–H and O–H groups in total. The number of ether oxygens (including phenoxy) is 2. The zero-order valence-corrected chi connectivity index (χ0v) is 13.5. The molecule has 1 amide bonds. The average Bonchev–Trinajstić information content (AvgIpc) is 2.56. The van der Waals surface area contributed by atoms with Crippen LogP contribution in [0.3, 0.4) is 0 Å². The number of anilines is 1. The lowest BCUT2D eigenvalue weighted by Crippen LogP contribution is -2.30. The van der Waals surface area contributed by atoms with Gasteiger partial charge >= 0.3 is 0 Å². The first kappa shape index (κ1) is 15.4. The molecule has 23 heavy (non-hydrogen) atoms. The van der Waals surface area contributed by atoms with Gasteiger partial charge in [0.1, 0.15) is 12.7 Å². The zero-order chi connectivity index (χ0) is 16.2. The lowest BCUT2D eigenvalue weighted by Gasteiger charge is -2.26. The molecule has 120 valence electrons. The van der Waals surface area contributed by atoms with Crippen LogP contribution in [0.1, 0.15) is 24.0 Å². The number of aryl methyl sites for hydroxylation is 2. The van der Waals surface area contributed by atoms with Crippen LogP contribution in [0.2, 0.25) is 0 Å². The Balaban J connectivity index is 1.51. The summed E-state index contributed by atoms with van der Waals surface area (Å²) in [5, 5.41) is 2.93. The van der Waals surface area contributed by atoms with Crippen LogP contribution in [0.4, 0.5) is 5.69 Å². The highest BCUT2D eigenvalue weighted by Gasteiger charge is 2.21. The first-order chi connectivity index (χ1) is 11.1. The molecule has 0 saturated heterocycles. The summed E-state index contributed by atoms with van der Waals surface area (Å²) >= 11 is 0. The van der Waals surface area contributed by atoms with Gasteiger partial charge in [-0.15, -0.1) is 0 Å². The number of carbonyl (C=O) groups excluding carboxylic acids is 1. The average molecular weight is 311 g/mol. The smallest absolute Gasteiger partial charge is 0.224 e. The van der Waals surface area contributed by atoms with Gasteiger partial charge in [-0.2, -0.15) is 0 Å². The summed E-state index contributed by atoms with van der Waals surface area (Å²) in [7, 11) is 0. The molecule has 1 unspecified atom stereocenters. The van der Waals surface area contributed by atoms with Gasteiger partial charge in [0.05, 0.1) is 0 Å². The van der Waals surface area contributed by atoms with Crippen molar-refractivity contribution < 1.29 is 14.3 Å². The summed E-state index contributed by atoms with van der Waals surface area (Å²) in [5.41, 5.74) is 3.22. The van der Waals surface area contributed by atoms with E-state index in [2.05, 4.69) is 12.2 Å². The number of hydrogen-bond donors (Lipinski definition) is 1. The number of benzene rings is 2. The van der Waals surface area contributed by atoms with Gasteiger partial charge in [0.2, 0.25) is 5.91 Å². The fourth-order valence-electron chi connectivity index (χ4n) is 2.54.